The lowest BCUT2D eigenvalue weighted by molar-refractivity contribution is 0.0770. The van der Waals surface area contributed by atoms with Gasteiger partial charge in [-0.1, -0.05) is 11.6 Å². The molecule has 9 nitrogen and oxygen atoms in total. The molecule has 0 saturated carbocycles. The van der Waals surface area contributed by atoms with Gasteiger partial charge in [0.25, 0.3) is 17.7 Å². The van der Waals surface area contributed by atoms with Gasteiger partial charge in [-0.3, -0.25) is 14.4 Å². The van der Waals surface area contributed by atoms with Crippen molar-refractivity contribution < 1.29 is 23.5 Å². The van der Waals surface area contributed by atoms with Gasteiger partial charge < -0.3 is 25.7 Å². The minimum atomic E-state index is -0.800. The largest absolute Gasteiger partial charge is 0.379 e. The van der Waals surface area contributed by atoms with Crippen LogP contribution in [-0.4, -0.2) is 46.9 Å². The van der Waals surface area contributed by atoms with Crippen molar-refractivity contribution in [2.45, 2.75) is 26.4 Å². The fourth-order valence-corrected chi connectivity index (χ4v) is 3.51. The Labute approximate surface area is 206 Å². The minimum absolute atomic E-state index is 0.0104. The molecule has 3 aromatic rings. The van der Waals surface area contributed by atoms with Crippen LogP contribution in [0.4, 0.5) is 15.8 Å². The molecule has 0 saturated heterocycles. The van der Waals surface area contributed by atoms with Crippen LogP contribution in [-0.2, 0) is 4.74 Å². The standard InChI is InChI=1S/C24H25ClFN5O4/c1-14(2)35-11-3-10-31(24(34)21-20(22(27)32)28-13-29-21)17-7-5-16(6-8-17)30-23(33)18-9-4-15(26)12-19(18)25/h4-9,12-14H,3,10-11H2,1-2H3,(H2,27,32)(H,28,29)(H,30,33). The lowest BCUT2D eigenvalue weighted by Gasteiger charge is -2.23. The summed E-state index contributed by atoms with van der Waals surface area (Å²) in [5, 5.41) is 2.67. The Morgan fingerprint density at radius 2 is 1.91 bits per heavy atom. The number of carbonyl (C=O) groups is 3. The van der Waals surface area contributed by atoms with Crippen LogP contribution in [0.15, 0.2) is 48.8 Å². The molecule has 0 fully saturated rings. The lowest BCUT2D eigenvalue weighted by atomic mass is 10.2. The van der Waals surface area contributed by atoms with Crippen LogP contribution in [0.3, 0.4) is 0 Å². The molecule has 0 radical (unpaired) electrons. The number of nitrogens with two attached hydrogens (primary N) is 1. The predicted octanol–water partition coefficient (Wildman–Crippen LogP) is 4.02. The number of anilines is 2. The number of H-pyrrole nitrogens is 1. The molecule has 184 valence electrons. The molecule has 0 unspecified atom stereocenters. The second kappa shape index (κ2) is 11.6. The van der Waals surface area contributed by atoms with E-state index in [9.17, 15) is 18.8 Å². The quantitative estimate of drug-likeness (QED) is 0.361. The molecule has 35 heavy (non-hydrogen) atoms. The summed E-state index contributed by atoms with van der Waals surface area (Å²) in [5.74, 6) is -2.37. The van der Waals surface area contributed by atoms with Crippen molar-refractivity contribution in [1.82, 2.24) is 9.97 Å². The molecule has 1 heterocycles. The third-order valence-corrected chi connectivity index (χ3v) is 5.24. The second-order valence-corrected chi connectivity index (χ2v) is 8.25. The maximum Gasteiger partial charge on any atom is 0.279 e. The van der Waals surface area contributed by atoms with Gasteiger partial charge in [0.2, 0.25) is 0 Å². The molecule has 0 atom stereocenters. The van der Waals surface area contributed by atoms with Gasteiger partial charge in [0, 0.05) is 24.5 Å². The van der Waals surface area contributed by atoms with E-state index in [2.05, 4.69) is 15.3 Å². The van der Waals surface area contributed by atoms with Gasteiger partial charge in [0.05, 0.1) is 23.0 Å². The molecule has 11 heteroatoms. The van der Waals surface area contributed by atoms with Crippen molar-refractivity contribution in [3.63, 3.8) is 0 Å². The van der Waals surface area contributed by atoms with Crippen LogP contribution in [0.5, 0.6) is 0 Å². The number of hydrogen-bond acceptors (Lipinski definition) is 5. The Kier molecular flexibility index (Phi) is 8.56. The highest BCUT2D eigenvalue weighted by Crippen LogP contribution is 2.23. The highest BCUT2D eigenvalue weighted by molar-refractivity contribution is 6.34. The summed E-state index contributed by atoms with van der Waals surface area (Å²) in [4.78, 5) is 45.5. The molecule has 3 rings (SSSR count). The normalized spacial score (nSPS) is 10.9. The van der Waals surface area contributed by atoms with Crippen molar-refractivity contribution in [3.05, 3.63) is 76.6 Å². The Hall–Kier alpha value is -3.76. The van der Waals surface area contributed by atoms with Gasteiger partial charge in [-0.25, -0.2) is 9.37 Å². The Morgan fingerprint density at radius 1 is 1.20 bits per heavy atom. The molecular weight excluding hydrogens is 477 g/mol. The Morgan fingerprint density at radius 3 is 2.54 bits per heavy atom. The lowest BCUT2D eigenvalue weighted by Crippen LogP contribution is -2.34. The number of aromatic amines is 1. The predicted molar refractivity (Wildman–Crippen MR) is 130 cm³/mol. The highest BCUT2D eigenvalue weighted by atomic mass is 35.5. The zero-order chi connectivity index (χ0) is 25.5. The first kappa shape index (κ1) is 25.9. The number of primary amides is 1. The molecule has 0 spiro atoms. The van der Waals surface area contributed by atoms with Crippen molar-refractivity contribution >= 4 is 40.7 Å². The van der Waals surface area contributed by atoms with E-state index in [0.717, 1.165) is 12.1 Å². The highest BCUT2D eigenvalue weighted by Gasteiger charge is 2.25. The fourth-order valence-electron chi connectivity index (χ4n) is 3.26. The molecule has 0 aliphatic carbocycles. The van der Waals surface area contributed by atoms with E-state index in [0.29, 0.717) is 24.4 Å². The summed E-state index contributed by atoms with van der Waals surface area (Å²) in [5.41, 5.74) is 6.24. The van der Waals surface area contributed by atoms with E-state index in [4.69, 9.17) is 22.1 Å². The number of aromatic nitrogens is 2. The van der Waals surface area contributed by atoms with Gasteiger partial charge in [-0.05, 0) is 62.7 Å². The minimum Gasteiger partial charge on any atom is -0.379 e. The number of nitrogens with zero attached hydrogens (tertiary/aromatic N) is 2. The fraction of sp³-hybridized carbons (Fsp3) is 0.250. The van der Waals surface area contributed by atoms with E-state index in [-0.39, 0.29) is 34.6 Å². The first-order valence-corrected chi connectivity index (χ1v) is 11.2. The summed E-state index contributed by atoms with van der Waals surface area (Å²) in [6.45, 7) is 4.54. The smallest absolute Gasteiger partial charge is 0.279 e. The maximum atomic E-state index is 13.3. The van der Waals surface area contributed by atoms with Crippen LogP contribution in [0.2, 0.25) is 5.02 Å². The summed E-state index contributed by atoms with van der Waals surface area (Å²) in [6, 6.07) is 9.98. The molecule has 0 aliphatic heterocycles. The third-order valence-electron chi connectivity index (χ3n) is 4.92. The molecule has 2 aromatic carbocycles. The van der Waals surface area contributed by atoms with Crippen LogP contribution in [0.1, 0.15) is 51.6 Å². The number of ether oxygens (including phenoxy) is 1. The number of carbonyl (C=O) groups excluding carboxylic acids is 3. The second-order valence-electron chi connectivity index (χ2n) is 7.85. The zero-order valence-corrected chi connectivity index (χ0v) is 19.9. The van der Waals surface area contributed by atoms with Crippen molar-refractivity contribution in [2.24, 2.45) is 5.73 Å². The van der Waals surface area contributed by atoms with E-state index < -0.39 is 23.5 Å². The van der Waals surface area contributed by atoms with Crippen LogP contribution < -0.4 is 16.0 Å². The molecule has 0 bridgehead atoms. The van der Waals surface area contributed by atoms with Crippen LogP contribution in [0, 0.1) is 5.82 Å². The summed E-state index contributed by atoms with van der Waals surface area (Å²) in [7, 11) is 0. The van der Waals surface area contributed by atoms with E-state index in [1.165, 1.54) is 17.3 Å². The van der Waals surface area contributed by atoms with Gasteiger partial charge in [0.15, 0.2) is 5.69 Å². The number of rotatable bonds is 10. The number of benzene rings is 2. The van der Waals surface area contributed by atoms with Crippen LogP contribution >= 0.6 is 11.6 Å². The van der Waals surface area contributed by atoms with Gasteiger partial charge in [-0.2, -0.15) is 0 Å². The molecule has 4 N–H and O–H groups in total. The summed E-state index contributed by atoms with van der Waals surface area (Å²) < 4.78 is 18.8. The Balaban J connectivity index is 1.80. The van der Waals surface area contributed by atoms with Crippen molar-refractivity contribution in [2.75, 3.05) is 23.4 Å². The first-order valence-electron chi connectivity index (χ1n) is 10.8. The van der Waals surface area contributed by atoms with Gasteiger partial charge >= 0.3 is 0 Å². The van der Waals surface area contributed by atoms with E-state index in [1.54, 1.807) is 24.3 Å². The molecule has 1 aromatic heterocycles. The average Bonchev–Trinajstić information content (AvgIpc) is 3.30. The number of imidazole rings is 1. The average molecular weight is 502 g/mol. The molecular formula is C24H25ClFN5O4. The van der Waals surface area contributed by atoms with E-state index in [1.807, 2.05) is 13.8 Å². The van der Waals surface area contributed by atoms with Crippen LogP contribution in [0.25, 0.3) is 0 Å². The zero-order valence-electron chi connectivity index (χ0n) is 19.2. The number of nitrogens with one attached hydrogen (secondary N) is 2. The van der Waals surface area contributed by atoms with Crippen molar-refractivity contribution in [1.29, 1.82) is 0 Å². The van der Waals surface area contributed by atoms with Gasteiger partial charge in [0.1, 0.15) is 11.5 Å². The maximum absolute atomic E-state index is 13.3. The SMILES string of the molecule is CC(C)OCCCN(C(=O)c1nc[nH]c1C(N)=O)c1ccc(NC(=O)c2ccc(F)cc2Cl)cc1. The number of halogens is 2. The topological polar surface area (TPSA) is 130 Å². The third kappa shape index (κ3) is 6.65. The molecule has 3 amide bonds. The van der Waals surface area contributed by atoms with E-state index >= 15 is 0 Å². The first-order chi connectivity index (χ1) is 16.7. The van der Waals surface area contributed by atoms with Gasteiger partial charge in [-0.15, -0.1) is 0 Å². The Bertz CT molecular complexity index is 1210. The number of hydrogen-bond donors (Lipinski definition) is 3. The monoisotopic (exact) mass is 501 g/mol. The number of amides is 3. The van der Waals surface area contributed by atoms with Crippen molar-refractivity contribution in [3.8, 4) is 0 Å². The summed E-state index contributed by atoms with van der Waals surface area (Å²) in [6.07, 6.45) is 1.80. The molecule has 0 aliphatic rings. The summed E-state index contributed by atoms with van der Waals surface area (Å²) >= 11 is 5.96.